The van der Waals surface area contributed by atoms with Crippen LogP contribution in [-0.4, -0.2) is 15.7 Å². The minimum atomic E-state index is 1.01. The van der Waals surface area contributed by atoms with E-state index in [1.165, 1.54) is 5.56 Å². The third-order valence-corrected chi connectivity index (χ3v) is 3.99. The Hall–Kier alpha value is -1.87. The Balaban J connectivity index is 1.72. The fourth-order valence-corrected chi connectivity index (χ4v) is 2.99. The van der Waals surface area contributed by atoms with Crippen LogP contribution in [0.4, 0.5) is 0 Å². The minimum absolute atomic E-state index is 1.01. The standard InChI is InChI=1S/C16H14N2S/c1-2-6-13(7-3-1)10-11-19-16-14-8-4-5-9-15(14)17-12-18-16/h1-9,12H,10-11H2. The van der Waals surface area contributed by atoms with Gasteiger partial charge in [-0.15, -0.1) is 11.8 Å². The highest BCUT2D eigenvalue weighted by molar-refractivity contribution is 7.99. The first-order chi connectivity index (χ1) is 9.43. The van der Waals surface area contributed by atoms with Crippen LogP contribution in [0.25, 0.3) is 10.9 Å². The largest absolute Gasteiger partial charge is 0.236 e. The Bertz CT molecular complexity index is 662. The van der Waals surface area contributed by atoms with E-state index in [4.69, 9.17) is 0 Å². The molecule has 0 fully saturated rings. The molecule has 0 N–H and O–H groups in total. The van der Waals surface area contributed by atoms with Crippen molar-refractivity contribution in [1.29, 1.82) is 0 Å². The molecule has 0 unspecified atom stereocenters. The summed E-state index contributed by atoms with van der Waals surface area (Å²) in [6.45, 7) is 0. The molecule has 0 aliphatic rings. The zero-order valence-corrected chi connectivity index (χ0v) is 11.3. The van der Waals surface area contributed by atoms with Crippen LogP contribution in [0.15, 0.2) is 66.0 Å². The van der Waals surface area contributed by atoms with Crippen molar-refractivity contribution in [2.75, 3.05) is 5.75 Å². The van der Waals surface area contributed by atoms with Gasteiger partial charge in [-0.1, -0.05) is 48.5 Å². The number of rotatable bonds is 4. The van der Waals surface area contributed by atoms with E-state index in [-0.39, 0.29) is 0 Å². The van der Waals surface area contributed by atoms with Gasteiger partial charge in [-0.2, -0.15) is 0 Å². The molecule has 0 spiro atoms. The first-order valence-electron chi connectivity index (χ1n) is 6.30. The fraction of sp³-hybridized carbons (Fsp3) is 0.125. The number of hydrogen-bond donors (Lipinski definition) is 0. The van der Waals surface area contributed by atoms with Crippen molar-refractivity contribution < 1.29 is 0 Å². The van der Waals surface area contributed by atoms with Crippen molar-refractivity contribution in [3.05, 3.63) is 66.5 Å². The number of para-hydroxylation sites is 1. The third kappa shape index (κ3) is 2.93. The monoisotopic (exact) mass is 266 g/mol. The van der Waals surface area contributed by atoms with E-state index in [1.807, 2.05) is 18.2 Å². The molecule has 2 aromatic carbocycles. The number of aryl methyl sites for hydroxylation is 1. The Kier molecular flexibility index (Phi) is 3.75. The Morgan fingerprint density at radius 1 is 0.842 bits per heavy atom. The number of nitrogens with zero attached hydrogens (tertiary/aromatic N) is 2. The molecule has 1 aromatic heterocycles. The maximum absolute atomic E-state index is 4.39. The van der Waals surface area contributed by atoms with Gasteiger partial charge in [-0.05, 0) is 18.1 Å². The predicted molar refractivity (Wildman–Crippen MR) is 80.4 cm³/mol. The van der Waals surface area contributed by atoms with Gasteiger partial charge < -0.3 is 0 Å². The van der Waals surface area contributed by atoms with Crippen molar-refractivity contribution in [2.45, 2.75) is 11.4 Å². The predicted octanol–water partition coefficient (Wildman–Crippen LogP) is 3.96. The van der Waals surface area contributed by atoms with Crippen LogP contribution in [0.1, 0.15) is 5.56 Å². The molecule has 0 radical (unpaired) electrons. The van der Waals surface area contributed by atoms with Crippen molar-refractivity contribution in [2.24, 2.45) is 0 Å². The van der Waals surface area contributed by atoms with Gasteiger partial charge in [0, 0.05) is 11.1 Å². The highest BCUT2D eigenvalue weighted by Crippen LogP contribution is 2.24. The molecule has 0 aliphatic heterocycles. The topological polar surface area (TPSA) is 25.8 Å². The quantitative estimate of drug-likeness (QED) is 0.528. The van der Waals surface area contributed by atoms with Crippen LogP contribution >= 0.6 is 11.8 Å². The van der Waals surface area contributed by atoms with Crippen LogP contribution in [0.2, 0.25) is 0 Å². The van der Waals surface area contributed by atoms with Gasteiger partial charge in [0.15, 0.2) is 0 Å². The maximum atomic E-state index is 4.39. The van der Waals surface area contributed by atoms with Crippen molar-refractivity contribution in [1.82, 2.24) is 9.97 Å². The lowest BCUT2D eigenvalue weighted by atomic mass is 10.2. The van der Waals surface area contributed by atoms with E-state index in [1.54, 1.807) is 18.1 Å². The van der Waals surface area contributed by atoms with E-state index in [9.17, 15) is 0 Å². The number of aromatic nitrogens is 2. The van der Waals surface area contributed by atoms with Gasteiger partial charge >= 0.3 is 0 Å². The van der Waals surface area contributed by atoms with Crippen LogP contribution in [0.5, 0.6) is 0 Å². The normalized spacial score (nSPS) is 10.7. The molecular formula is C16H14N2S. The number of hydrogen-bond acceptors (Lipinski definition) is 3. The van der Waals surface area contributed by atoms with Crippen LogP contribution in [0.3, 0.4) is 0 Å². The van der Waals surface area contributed by atoms with E-state index >= 15 is 0 Å². The lowest BCUT2D eigenvalue weighted by Crippen LogP contribution is -1.91. The SMILES string of the molecule is c1ccc(CCSc2ncnc3ccccc23)cc1. The molecule has 19 heavy (non-hydrogen) atoms. The van der Waals surface area contributed by atoms with Crippen molar-refractivity contribution in [3.63, 3.8) is 0 Å². The third-order valence-electron chi connectivity index (χ3n) is 2.98. The molecule has 0 atom stereocenters. The maximum Gasteiger partial charge on any atom is 0.117 e. The van der Waals surface area contributed by atoms with Crippen LogP contribution in [0, 0.1) is 0 Å². The molecule has 3 heteroatoms. The molecular weight excluding hydrogens is 252 g/mol. The van der Waals surface area contributed by atoms with E-state index < -0.39 is 0 Å². The molecule has 0 amide bonds. The van der Waals surface area contributed by atoms with Gasteiger partial charge in [-0.3, -0.25) is 0 Å². The second kappa shape index (κ2) is 5.85. The first kappa shape index (κ1) is 12.2. The number of benzene rings is 2. The van der Waals surface area contributed by atoms with E-state index in [0.717, 1.165) is 28.1 Å². The summed E-state index contributed by atoms with van der Waals surface area (Å²) in [6, 6.07) is 18.7. The smallest absolute Gasteiger partial charge is 0.117 e. The van der Waals surface area contributed by atoms with Gasteiger partial charge in [0.05, 0.1) is 5.52 Å². The number of fused-ring (bicyclic) bond motifs is 1. The summed E-state index contributed by atoms with van der Waals surface area (Å²) in [7, 11) is 0. The summed E-state index contributed by atoms with van der Waals surface area (Å²) in [5.74, 6) is 1.03. The van der Waals surface area contributed by atoms with Gasteiger partial charge in [0.25, 0.3) is 0 Å². The molecule has 0 bridgehead atoms. The second-order valence-corrected chi connectivity index (χ2v) is 5.36. The molecule has 94 valence electrons. The summed E-state index contributed by atoms with van der Waals surface area (Å²) >= 11 is 1.79. The molecule has 0 saturated carbocycles. The average Bonchev–Trinajstić information content (AvgIpc) is 2.49. The van der Waals surface area contributed by atoms with Crippen molar-refractivity contribution in [3.8, 4) is 0 Å². The zero-order chi connectivity index (χ0) is 12.9. The van der Waals surface area contributed by atoms with Gasteiger partial charge in [0.2, 0.25) is 0 Å². The van der Waals surface area contributed by atoms with Gasteiger partial charge in [0.1, 0.15) is 11.4 Å². The summed E-state index contributed by atoms with van der Waals surface area (Å²) < 4.78 is 0. The lowest BCUT2D eigenvalue weighted by Gasteiger charge is -2.04. The molecule has 0 aliphatic carbocycles. The molecule has 2 nitrogen and oxygen atoms in total. The summed E-state index contributed by atoms with van der Waals surface area (Å²) in [5.41, 5.74) is 2.38. The first-order valence-corrected chi connectivity index (χ1v) is 7.28. The minimum Gasteiger partial charge on any atom is -0.236 e. The van der Waals surface area contributed by atoms with Crippen molar-refractivity contribution >= 4 is 22.7 Å². The number of thioether (sulfide) groups is 1. The van der Waals surface area contributed by atoms with Gasteiger partial charge in [-0.25, -0.2) is 9.97 Å². The fourth-order valence-electron chi connectivity index (χ4n) is 2.01. The second-order valence-electron chi connectivity index (χ2n) is 4.28. The molecule has 0 saturated heterocycles. The summed E-state index contributed by atoms with van der Waals surface area (Å²) in [4.78, 5) is 8.67. The Morgan fingerprint density at radius 2 is 1.63 bits per heavy atom. The lowest BCUT2D eigenvalue weighted by molar-refractivity contribution is 1.09. The molecule has 1 heterocycles. The zero-order valence-electron chi connectivity index (χ0n) is 10.5. The highest BCUT2D eigenvalue weighted by atomic mass is 32.2. The van der Waals surface area contributed by atoms with Crippen LogP contribution in [-0.2, 0) is 6.42 Å². The summed E-state index contributed by atoms with van der Waals surface area (Å²) in [5, 5.41) is 2.21. The summed E-state index contributed by atoms with van der Waals surface area (Å²) in [6.07, 6.45) is 2.71. The van der Waals surface area contributed by atoms with E-state index in [0.29, 0.717) is 0 Å². The Labute approximate surface area is 116 Å². The van der Waals surface area contributed by atoms with E-state index in [2.05, 4.69) is 46.4 Å². The molecule has 3 aromatic rings. The highest BCUT2D eigenvalue weighted by Gasteiger charge is 2.03. The average molecular weight is 266 g/mol. The Morgan fingerprint density at radius 3 is 2.53 bits per heavy atom. The van der Waals surface area contributed by atoms with Crippen LogP contribution < -0.4 is 0 Å². The molecule has 3 rings (SSSR count).